The van der Waals surface area contributed by atoms with Crippen molar-refractivity contribution >= 4 is 17.7 Å². The quantitative estimate of drug-likeness (QED) is 0.762. The van der Waals surface area contributed by atoms with Gasteiger partial charge in [-0.2, -0.15) is 0 Å². The number of nitrogens with one attached hydrogen (secondary N) is 1. The highest BCUT2D eigenvalue weighted by molar-refractivity contribution is 5.92. The van der Waals surface area contributed by atoms with E-state index in [0.29, 0.717) is 5.69 Å². The number of aliphatic carboxylic acids is 1. The third-order valence-corrected chi connectivity index (χ3v) is 3.58. The van der Waals surface area contributed by atoms with Crippen LogP contribution in [0, 0.1) is 13.8 Å². The molecule has 0 saturated carbocycles. The molecular weight excluding hydrogens is 260 g/mol. The third-order valence-electron chi connectivity index (χ3n) is 3.58. The van der Waals surface area contributed by atoms with Crippen LogP contribution < -0.4 is 5.32 Å². The fourth-order valence-electron chi connectivity index (χ4n) is 2.29. The lowest BCUT2D eigenvalue weighted by atomic mass is 10.1. The first-order chi connectivity index (χ1) is 9.38. The van der Waals surface area contributed by atoms with E-state index in [1.165, 1.54) is 0 Å². The molecule has 2 atom stereocenters. The van der Waals surface area contributed by atoms with Gasteiger partial charge >= 0.3 is 12.0 Å². The smallest absolute Gasteiger partial charge is 0.326 e. The van der Waals surface area contributed by atoms with Gasteiger partial charge in [0, 0.05) is 18.7 Å². The van der Waals surface area contributed by atoms with Gasteiger partial charge in [-0.3, -0.25) is 0 Å². The molecule has 1 fully saturated rings. The number of hydrogen-bond donors (Lipinski definition) is 3. The van der Waals surface area contributed by atoms with Crippen LogP contribution in [0.3, 0.4) is 0 Å². The van der Waals surface area contributed by atoms with Crippen molar-refractivity contribution in [1.82, 2.24) is 4.90 Å². The highest BCUT2D eigenvalue weighted by Gasteiger charge is 2.38. The van der Waals surface area contributed by atoms with E-state index in [9.17, 15) is 14.7 Å². The summed E-state index contributed by atoms with van der Waals surface area (Å²) in [5, 5.41) is 21.3. The second-order valence-electron chi connectivity index (χ2n) is 5.13. The number of likely N-dealkylation sites (tertiary alicyclic amines) is 1. The van der Waals surface area contributed by atoms with Gasteiger partial charge in [0.1, 0.15) is 6.04 Å². The predicted octanol–water partition coefficient (Wildman–Crippen LogP) is 1.36. The number of urea groups is 1. The number of aliphatic hydroxyl groups excluding tert-OH is 1. The maximum Gasteiger partial charge on any atom is 0.326 e. The molecule has 0 aliphatic carbocycles. The second kappa shape index (κ2) is 5.50. The minimum Gasteiger partial charge on any atom is -0.480 e. The van der Waals surface area contributed by atoms with Gasteiger partial charge in [0.15, 0.2) is 0 Å². The summed E-state index contributed by atoms with van der Waals surface area (Å²) >= 11 is 0. The van der Waals surface area contributed by atoms with Gasteiger partial charge in [0.25, 0.3) is 0 Å². The second-order valence-corrected chi connectivity index (χ2v) is 5.13. The Morgan fingerprint density at radius 3 is 2.60 bits per heavy atom. The number of nitrogens with zero attached hydrogens (tertiary/aromatic N) is 1. The largest absolute Gasteiger partial charge is 0.480 e. The van der Waals surface area contributed by atoms with Gasteiger partial charge < -0.3 is 20.4 Å². The van der Waals surface area contributed by atoms with Crippen molar-refractivity contribution < 1.29 is 19.8 Å². The number of carboxylic acid groups (broad SMARTS) is 1. The lowest BCUT2D eigenvalue weighted by Gasteiger charge is -2.21. The Hall–Kier alpha value is -2.08. The Morgan fingerprint density at radius 2 is 2.00 bits per heavy atom. The van der Waals surface area contributed by atoms with Gasteiger partial charge in [-0.15, -0.1) is 0 Å². The molecule has 0 spiro atoms. The fourth-order valence-corrected chi connectivity index (χ4v) is 2.29. The SMILES string of the molecule is Cc1ccc(NC(=O)N2CC(O)CC2C(=O)O)cc1C. The van der Waals surface area contributed by atoms with Crippen LogP contribution in [0.25, 0.3) is 0 Å². The fraction of sp³-hybridized carbons (Fsp3) is 0.429. The van der Waals surface area contributed by atoms with E-state index in [2.05, 4.69) is 5.32 Å². The van der Waals surface area contributed by atoms with Crippen molar-refractivity contribution in [3.05, 3.63) is 29.3 Å². The van der Waals surface area contributed by atoms with E-state index in [1.54, 1.807) is 6.07 Å². The van der Waals surface area contributed by atoms with Crippen molar-refractivity contribution in [1.29, 1.82) is 0 Å². The molecule has 1 heterocycles. The molecule has 2 unspecified atom stereocenters. The van der Waals surface area contributed by atoms with Crippen LogP contribution in [0.5, 0.6) is 0 Å². The summed E-state index contributed by atoms with van der Waals surface area (Å²) in [6.45, 7) is 3.94. The van der Waals surface area contributed by atoms with E-state index < -0.39 is 24.1 Å². The van der Waals surface area contributed by atoms with E-state index in [4.69, 9.17) is 5.11 Å². The summed E-state index contributed by atoms with van der Waals surface area (Å²) in [5.41, 5.74) is 2.77. The monoisotopic (exact) mass is 278 g/mol. The standard InChI is InChI=1S/C14H18N2O4/c1-8-3-4-10(5-9(8)2)15-14(20)16-7-11(17)6-12(16)13(18)19/h3-5,11-12,17H,6-7H2,1-2H3,(H,15,20)(H,18,19). The molecule has 1 aliphatic rings. The lowest BCUT2D eigenvalue weighted by molar-refractivity contribution is -0.141. The van der Waals surface area contributed by atoms with E-state index in [-0.39, 0.29) is 13.0 Å². The first-order valence-electron chi connectivity index (χ1n) is 6.44. The summed E-state index contributed by atoms with van der Waals surface area (Å²) in [6, 6.07) is 4.00. The Bertz CT molecular complexity index is 544. The molecule has 0 bridgehead atoms. The molecular formula is C14H18N2O4. The number of β-amino-alcohol motifs (C(OH)–C–C–N with tert-alkyl or cyclic N) is 1. The molecule has 2 amide bonds. The van der Waals surface area contributed by atoms with Crippen molar-refractivity contribution in [2.24, 2.45) is 0 Å². The summed E-state index contributed by atoms with van der Waals surface area (Å²) in [6.07, 6.45) is -0.725. The van der Waals surface area contributed by atoms with E-state index in [0.717, 1.165) is 16.0 Å². The van der Waals surface area contributed by atoms with Crippen LogP contribution in [0.4, 0.5) is 10.5 Å². The number of carboxylic acids is 1. The molecule has 0 aromatic heterocycles. The molecule has 1 aromatic carbocycles. The third kappa shape index (κ3) is 2.91. The number of carbonyl (C=O) groups is 2. The highest BCUT2D eigenvalue weighted by atomic mass is 16.4. The number of anilines is 1. The Kier molecular flexibility index (Phi) is 3.94. The van der Waals surface area contributed by atoms with Crippen LogP contribution in [0.2, 0.25) is 0 Å². The number of hydrogen-bond acceptors (Lipinski definition) is 3. The molecule has 1 aromatic rings. The van der Waals surface area contributed by atoms with E-state index in [1.807, 2.05) is 26.0 Å². The number of rotatable bonds is 2. The minimum atomic E-state index is -1.10. The van der Waals surface area contributed by atoms with Crippen molar-refractivity contribution in [2.45, 2.75) is 32.4 Å². The van der Waals surface area contributed by atoms with Gasteiger partial charge in [-0.25, -0.2) is 9.59 Å². The highest BCUT2D eigenvalue weighted by Crippen LogP contribution is 2.20. The molecule has 6 heteroatoms. The molecule has 1 aliphatic heterocycles. The first-order valence-corrected chi connectivity index (χ1v) is 6.44. The number of carbonyl (C=O) groups excluding carboxylic acids is 1. The van der Waals surface area contributed by atoms with Gasteiger partial charge in [-0.1, -0.05) is 6.07 Å². The zero-order valence-corrected chi connectivity index (χ0v) is 11.5. The number of amides is 2. The molecule has 0 radical (unpaired) electrons. The number of aryl methyl sites for hydroxylation is 2. The molecule has 20 heavy (non-hydrogen) atoms. The molecule has 6 nitrogen and oxygen atoms in total. The predicted molar refractivity (Wildman–Crippen MR) is 73.7 cm³/mol. The first kappa shape index (κ1) is 14.3. The van der Waals surface area contributed by atoms with Crippen molar-refractivity contribution in [2.75, 3.05) is 11.9 Å². The van der Waals surface area contributed by atoms with Crippen LogP contribution in [-0.2, 0) is 4.79 Å². The summed E-state index contributed by atoms with van der Waals surface area (Å²) in [7, 11) is 0. The Labute approximate surface area is 117 Å². The van der Waals surface area contributed by atoms with Gasteiger partial charge in [-0.05, 0) is 37.1 Å². The summed E-state index contributed by atoms with van der Waals surface area (Å²) in [5.74, 6) is -1.10. The zero-order chi connectivity index (χ0) is 14.9. The lowest BCUT2D eigenvalue weighted by Crippen LogP contribution is -2.43. The molecule has 1 saturated heterocycles. The molecule has 2 rings (SSSR count). The Balaban J connectivity index is 2.11. The normalized spacial score (nSPS) is 21.9. The maximum atomic E-state index is 12.1. The minimum absolute atomic E-state index is 0.0354. The van der Waals surface area contributed by atoms with Crippen LogP contribution in [0.15, 0.2) is 18.2 Å². The molecule has 108 valence electrons. The Morgan fingerprint density at radius 1 is 1.30 bits per heavy atom. The maximum absolute atomic E-state index is 12.1. The summed E-state index contributed by atoms with van der Waals surface area (Å²) < 4.78 is 0. The van der Waals surface area contributed by atoms with Crippen LogP contribution in [0.1, 0.15) is 17.5 Å². The van der Waals surface area contributed by atoms with E-state index >= 15 is 0 Å². The number of benzene rings is 1. The average Bonchev–Trinajstić information content (AvgIpc) is 2.76. The van der Waals surface area contributed by atoms with Crippen molar-refractivity contribution in [3.63, 3.8) is 0 Å². The topological polar surface area (TPSA) is 89.9 Å². The van der Waals surface area contributed by atoms with Gasteiger partial charge in [0.2, 0.25) is 0 Å². The molecule has 3 N–H and O–H groups in total. The zero-order valence-electron chi connectivity index (χ0n) is 11.5. The number of aliphatic hydroxyl groups is 1. The van der Waals surface area contributed by atoms with Crippen LogP contribution >= 0.6 is 0 Å². The van der Waals surface area contributed by atoms with Crippen molar-refractivity contribution in [3.8, 4) is 0 Å². The summed E-state index contributed by atoms with van der Waals surface area (Å²) in [4.78, 5) is 24.3. The average molecular weight is 278 g/mol. The van der Waals surface area contributed by atoms with Gasteiger partial charge in [0.05, 0.1) is 6.10 Å². The van der Waals surface area contributed by atoms with Crippen LogP contribution in [-0.4, -0.2) is 45.8 Å².